The molecule has 0 radical (unpaired) electrons. The molecule has 6 nitrogen and oxygen atoms in total. The van der Waals surface area contributed by atoms with E-state index < -0.39 is 0 Å². The van der Waals surface area contributed by atoms with Crippen molar-refractivity contribution in [1.29, 1.82) is 0 Å². The molecule has 0 atom stereocenters. The molecule has 4 rings (SSSR count). The summed E-state index contributed by atoms with van der Waals surface area (Å²) in [5, 5.41) is 12.2. The molecular formula is C23H22ClN5OS2. The molecule has 164 valence electrons. The molecule has 0 aliphatic rings. The van der Waals surface area contributed by atoms with Crippen molar-refractivity contribution in [2.45, 2.75) is 31.6 Å². The van der Waals surface area contributed by atoms with Crippen molar-refractivity contribution in [2.24, 2.45) is 0 Å². The molecule has 2 heterocycles. The summed E-state index contributed by atoms with van der Waals surface area (Å²) >= 11 is 8.85. The number of carbonyl (C=O) groups is 1. The zero-order valence-electron chi connectivity index (χ0n) is 17.7. The number of nitrogens with zero attached hydrogens (tertiary/aromatic N) is 5. The maximum absolute atomic E-state index is 13.3. The fraction of sp³-hybridized carbons (Fsp3) is 0.217. The minimum absolute atomic E-state index is 0.0332. The standard InChI is InChI=1S/C23H22ClN5OS2/c1-16(2)29-15-25-27-23(29)32-14-21(30)28(12-17-6-4-3-5-7-17)22-26-20(13-31-22)18-8-10-19(24)11-9-18/h3-11,13,15-16H,12,14H2,1-2H3. The van der Waals surface area contributed by atoms with Gasteiger partial charge in [0.1, 0.15) is 6.33 Å². The highest BCUT2D eigenvalue weighted by Gasteiger charge is 2.21. The Morgan fingerprint density at radius 3 is 2.62 bits per heavy atom. The van der Waals surface area contributed by atoms with Gasteiger partial charge in [0.2, 0.25) is 5.91 Å². The Kier molecular flexibility index (Phi) is 7.24. The first kappa shape index (κ1) is 22.5. The molecule has 32 heavy (non-hydrogen) atoms. The Morgan fingerprint density at radius 2 is 1.91 bits per heavy atom. The Labute approximate surface area is 200 Å². The highest BCUT2D eigenvalue weighted by atomic mass is 35.5. The molecule has 9 heteroatoms. The number of rotatable bonds is 8. The van der Waals surface area contributed by atoms with Gasteiger partial charge in [-0.05, 0) is 31.5 Å². The van der Waals surface area contributed by atoms with Crippen LogP contribution in [-0.4, -0.2) is 31.4 Å². The van der Waals surface area contributed by atoms with Crippen LogP contribution < -0.4 is 4.90 Å². The molecule has 0 aliphatic heterocycles. The van der Waals surface area contributed by atoms with Crippen LogP contribution in [0.5, 0.6) is 0 Å². The van der Waals surface area contributed by atoms with Crippen molar-refractivity contribution in [2.75, 3.05) is 10.7 Å². The van der Waals surface area contributed by atoms with E-state index in [2.05, 4.69) is 24.0 Å². The number of benzene rings is 2. The minimum atomic E-state index is -0.0332. The molecule has 0 fully saturated rings. The van der Waals surface area contributed by atoms with Crippen molar-refractivity contribution in [3.63, 3.8) is 0 Å². The van der Waals surface area contributed by atoms with Crippen molar-refractivity contribution < 1.29 is 4.79 Å². The van der Waals surface area contributed by atoms with Gasteiger partial charge in [-0.15, -0.1) is 21.5 Å². The van der Waals surface area contributed by atoms with E-state index in [9.17, 15) is 4.79 Å². The molecule has 4 aromatic rings. The van der Waals surface area contributed by atoms with E-state index in [1.165, 1.54) is 23.1 Å². The van der Waals surface area contributed by atoms with E-state index in [1.54, 1.807) is 11.2 Å². The maximum atomic E-state index is 13.3. The zero-order chi connectivity index (χ0) is 22.5. The largest absolute Gasteiger partial charge is 0.306 e. The summed E-state index contributed by atoms with van der Waals surface area (Å²) in [6, 6.07) is 17.7. The lowest BCUT2D eigenvalue weighted by Gasteiger charge is -2.20. The highest BCUT2D eigenvalue weighted by molar-refractivity contribution is 7.99. The number of thioether (sulfide) groups is 1. The molecule has 1 amide bonds. The van der Waals surface area contributed by atoms with Crippen LogP contribution in [0.3, 0.4) is 0 Å². The molecule has 2 aromatic heterocycles. The summed E-state index contributed by atoms with van der Waals surface area (Å²) in [6.07, 6.45) is 1.69. The van der Waals surface area contributed by atoms with Gasteiger partial charge >= 0.3 is 0 Å². The smallest absolute Gasteiger partial charge is 0.239 e. The van der Waals surface area contributed by atoms with E-state index in [0.717, 1.165) is 22.0 Å². The first-order valence-corrected chi connectivity index (χ1v) is 12.3. The monoisotopic (exact) mass is 483 g/mol. The molecule has 0 unspecified atom stereocenters. The molecule has 0 spiro atoms. The third-order valence-corrected chi connectivity index (χ3v) is 6.83. The quantitative estimate of drug-likeness (QED) is 0.289. The van der Waals surface area contributed by atoms with Gasteiger partial charge in [-0.3, -0.25) is 9.69 Å². The van der Waals surface area contributed by atoms with Crippen LogP contribution in [0.2, 0.25) is 5.02 Å². The average Bonchev–Trinajstić information content (AvgIpc) is 3.47. The van der Waals surface area contributed by atoms with Gasteiger partial charge in [-0.1, -0.05) is 65.8 Å². The number of carbonyl (C=O) groups excluding carboxylic acids is 1. The molecule has 0 bridgehead atoms. The Hall–Kier alpha value is -2.68. The van der Waals surface area contributed by atoms with Crippen LogP contribution in [0.1, 0.15) is 25.5 Å². The second-order valence-electron chi connectivity index (χ2n) is 7.39. The molecule has 2 aromatic carbocycles. The lowest BCUT2D eigenvalue weighted by molar-refractivity contribution is -0.116. The van der Waals surface area contributed by atoms with Crippen LogP contribution in [-0.2, 0) is 11.3 Å². The van der Waals surface area contributed by atoms with E-state index in [4.69, 9.17) is 16.6 Å². The van der Waals surface area contributed by atoms with E-state index in [-0.39, 0.29) is 17.7 Å². The zero-order valence-corrected chi connectivity index (χ0v) is 20.1. The minimum Gasteiger partial charge on any atom is -0.306 e. The van der Waals surface area contributed by atoms with Crippen LogP contribution in [0.15, 0.2) is 71.5 Å². The van der Waals surface area contributed by atoms with Crippen LogP contribution in [0.25, 0.3) is 11.3 Å². The van der Waals surface area contributed by atoms with Gasteiger partial charge in [0.05, 0.1) is 18.0 Å². The summed E-state index contributed by atoms with van der Waals surface area (Å²) in [7, 11) is 0. The first-order chi connectivity index (χ1) is 15.5. The van der Waals surface area contributed by atoms with Gasteiger partial charge in [-0.2, -0.15) is 0 Å². The normalized spacial score (nSPS) is 11.1. The Morgan fingerprint density at radius 1 is 1.16 bits per heavy atom. The lowest BCUT2D eigenvalue weighted by Crippen LogP contribution is -2.32. The Balaban J connectivity index is 1.56. The first-order valence-electron chi connectivity index (χ1n) is 10.1. The van der Waals surface area contributed by atoms with Crippen molar-refractivity contribution in [1.82, 2.24) is 19.7 Å². The van der Waals surface area contributed by atoms with E-state index in [1.807, 2.05) is 64.5 Å². The lowest BCUT2D eigenvalue weighted by atomic mass is 10.2. The Bertz CT molecular complexity index is 1170. The second kappa shape index (κ2) is 10.3. The number of anilines is 1. The number of thiazole rings is 1. The van der Waals surface area contributed by atoms with E-state index in [0.29, 0.717) is 16.7 Å². The van der Waals surface area contributed by atoms with Crippen LogP contribution >= 0.6 is 34.7 Å². The van der Waals surface area contributed by atoms with Crippen LogP contribution in [0, 0.1) is 0 Å². The summed E-state index contributed by atoms with van der Waals surface area (Å²) < 4.78 is 1.96. The maximum Gasteiger partial charge on any atom is 0.239 e. The molecule has 0 saturated heterocycles. The summed E-state index contributed by atoms with van der Waals surface area (Å²) in [4.78, 5) is 19.8. The van der Waals surface area contributed by atoms with Crippen molar-refractivity contribution >= 4 is 45.7 Å². The number of amides is 1. The number of hydrogen-bond acceptors (Lipinski definition) is 6. The van der Waals surface area contributed by atoms with Gasteiger partial charge in [0, 0.05) is 22.0 Å². The van der Waals surface area contributed by atoms with Crippen molar-refractivity contribution in [3.8, 4) is 11.3 Å². The third kappa shape index (κ3) is 5.38. The van der Waals surface area contributed by atoms with E-state index >= 15 is 0 Å². The predicted octanol–water partition coefficient (Wildman–Crippen LogP) is 5.96. The third-order valence-electron chi connectivity index (χ3n) is 4.77. The SMILES string of the molecule is CC(C)n1cnnc1SCC(=O)N(Cc1ccccc1)c1nc(-c2ccc(Cl)cc2)cs1. The number of hydrogen-bond donors (Lipinski definition) is 0. The van der Waals surface area contributed by atoms with Gasteiger partial charge < -0.3 is 4.57 Å². The molecule has 0 aliphatic carbocycles. The fourth-order valence-corrected chi connectivity index (χ4v) is 4.96. The highest BCUT2D eigenvalue weighted by Crippen LogP contribution is 2.30. The number of halogens is 1. The summed E-state index contributed by atoms with van der Waals surface area (Å²) in [5.41, 5.74) is 2.82. The van der Waals surface area contributed by atoms with Crippen molar-refractivity contribution in [3.05, 3.63) is 76.9 Å². The predicted molar refractivity (Wildman–Crippen MR) is 131 cm³/mol. The molecular weight excluding hydrogens is 462 g/mol. The van der Waals surface area contributed by atoms with Gasteiger partial charge in [0.25, 0.3) is 0 Å². The molecule has 0 N–H and O–H groups in total. The second-order valence-corrected chi connectivity index (χ2v) is 9.61. The fourth-order valence-electron chi connectivity index (χ4n) is 3.06. The van der Waals surface area contributed by atoms with Gasteiger partial charge in [0.15, 0.2) is 10.3 Å². The summed E-state index contributed by atoms with van der Waals surface area (Å²) in [5.74, 6) is 0.211. The number of aromatic nitrogens is 4. The summed E-state index contributed by atoms with van der Waals surface area (Å²) in [6.45, 7) is 4.57. The molecule has 0 saturated carbocycles. The van der Waals surface area contributed by atoms with Crippen LogP contribution in [0.4, 0.5) is 5.13 Å². The average molecular weight is 484 g/mol. The topological polar surface area (TPSA) is 63.9 Å². The van der Waals surface area contributed by atoms with Gasteiger partial charge in [-0.25, -0.2) is 4.98 Å².